The van der Waals surface area contributed by atoms with Crippen LogP contribution in [0.4, 0.5) is 0 Å². The van der Waals surface area contributed by atoms with Crippen LogP contribution in [0, 0.1) is 17.3 Å². The Bertz CT molecular complexity index is 464. The van der Waals surface area contributed by atoms with Gasteiger partial charge in [0, 0.05) is 24.7 Å². The van der Waals surface area contributed by atoms with Crippen molar-refractivity contribution in [2.45, 2.75) is 104 Å². The molecular weight excluding hydrogens is 324 g/mol. The normalized spacial score (nSPS) is 23.9. The Morgan fingerprint density at radius 2 is 1.88 bits per heavy atom. The summed E-state index contributed by atoms with van der Waals surface area (Å²) in [6, 6.07) is 0. The van der Waals surface area contributed by atoms with Gasteiger partial charge < -0.3 is 9.90 Å². The van der Waals surface area contributed by atoms with Crippen molar-refractivity contribution >= 4 is 11.6 Å². The minimum atomic E-state index is -0.514. The van der Waals surface area contributed by atoms with Crippen molar-refractivity contribution in [1.29, 1.82) is 0 Å². The summed E-state index contributed by atoms with van der Waals surface area (Å²) in [5.74, 6) is 0.446. The van der Waals surface area contributed by atoms with Gasteiger partial charge in [-0.3, -0.25) is 4.79 Å². The third-order valence-corrected chi connectivity index (χ3v) is 5.76. The molecule has 1 aliphatic rings. The molecule has 1 fully saturated rings. The molecule has 0 spiro atoms. The number of hydrogen-bond donors (Lipinski definition) is 1. The highest BCUT2D eigenvalue weighted by Crippen LogP contribution is 2.35. The number of aliphatic hydroxyl groups excluding tert-OH is 1. The SMILES string of the molecule is CCCCC(C)(C)CC=C[C@H]1[C@H](O)CC(=O)[C@@H]1CCCCCCC(C)=O. The molecular formula is C23H40O3. The van der Waals surface area contributed by atoms with Gasteiger partial charge in [-0.2, -0.15) is 0 Å². The first-order valence-corrected chi connectivity index (χ1v) is 10.6. The molecule has 0 unspecified atom stereocenters. The van der Waals surface area contributed by atoms with Gasteiger partial charge in [0.05, 0.1) is 6.10 Å². The number of aliphatic hydroxyl groups is 1. The molecule has 1 N–H and O–H groups in total. The molecule has 0 amide bonds. The summed E-state index contributed by atoms with van der Waals surface area (Å²) < 4.78 is 0. The summed E-state index contributed by atoms with van der Waals surface area (Å²) in [6.07, 6.45) is 14.4. The lowest BCUT2D eigenvalue weighted by molar-refractivity contribution is -0.121. The van der Waals surface area contributed by atoms with Crippen LogP contribution in [-0.4, -0.2) is 22.8 Å². The van der Waals surface area contributed by atoms with E-state index < -0.39 is 6.10 Å². The van der Waals surface area contributed by atoms with Gasteiger partial charge >= 0.3 is 0 Å². The summed E-state index contributed by atoms with van der Waals surface area (Å²) >= 11 is 0. The van der Waals surface area contributed by atoms with E-state index in [0.717, 1.165) is 38.5 Å². The minimum absolute atomic E-state index is 0.0123. The van der Waals surface area contributed by atoms with Crippen molar-refractivity contribution in [3.63, 3.8) is 0 Å². The molecule has 0 aromatic carbocycles. The molecule has 0 heterocycles. The summed E-state index contributed by atoms with van der Waals surface area (Å²) in [6.45, 7) is 8.44. The van der Waals surface area contributed by atoms with Gasteiger partial charge in [0.15, 0.2) is 0 Å². The number of unbranched alkanes of at least 4 members (excludes halogenated alkanes) is 4. The number of carbonyl (C=O) groups excluding carboxylic acids is 2. The third-order valence-electron chi connectivity index (χ3n) is 5.76. The summed E-state index contributed by atoms with van der Waals surface area (Å²) in [7, 11) is 0. The van der Waals surface area contributed by atoms with Crippen molar-refractivity contribution in [2.24, 2.45) is 17.3 Å². The van der Waals surface area contributed by atoms with Crippen molar-refractivity contribution in [1.82, 2.24) is 0 Å². The van der Waals surface area contributed by atoms with E-state index in [1.165, 1.54) is 19.3 Å². The molecule has 150 valence electrons. The molecule has 0 aromatic rings. The molecule has 0 aromatic heterocycles. The van der Waals surface area contributed by atoms with E-state index in [9.17, 15) is 14.7 Å². The molecule has 0 saturated heterocycles. The van der Waals surface area contributed by atoms with E-state index in [4.69, 9.17) is 0 Å². The van der Waals surface area contributed by atoms with Gasteiger partial charge in [0.1, 0.15) is 11.6 Å². The predicted molar refractivity (Wildman–Crippen MR) is 108 cm³/mol. The molecule has 0 radical (unpaired) electrons. The molecule has 0 aliphatic heterocycles. The zero-order valence-corrected chi connectivity index (χ0v) is 17.4. The van der Waals surface area contributed by atoms with Crippen LogP contribution in [0.15, 0.2) is 12.2 Å². The maximum absolute atomic E-state index is 12.3. The second-order valence-electron chi connectivity index (χ2n) is 8.98. The number of hydrogen-bond acceptors (Lipinski definition) is 3. The first kappa shape index (κ1) is 23.1. The van der Waals surface area contributed by atoms with E-state index in [1.807, 2.05) is 0 Å². The van der Waals surface area contributed by atoms with E-state index in [2.05, 4.69) is 32.9 Å². The topological polar surface area (TPSA) is 54.4 Å². The lowest BCUT2D eigenvalue weighted by Crippen LogP contribution is -2.19. The number of rotatable bonds is 13. The van der Waals surface area contributed by atoms with E-state index >= 15 is 0 Å². The van der Waals surface area contributed by atoms with Crippen LogP contribution >= 0.6 is 0 Å². The first-order valence-electron chi connectivity index (χ1n) is 10.6. The Hall–Kier alpha value is -0.960. The Morgan fingerprint density at radius 3 is 2.54 bits per heavy atom. The van der Waals surface area contributed by atoms with Gasteiger partial charge in [-0.15, -0.1) is 0 Å². The van der Waals surface area contributed by atoms with Crippen LogP contribution in [-0.2, 0) is 9.59 Å². The Balaban J connectivity index is 2.44. The fourth-order valence-corrected chi connectivity index (χ4v) is 3.99. The predicted octanol–water partition coefficient (Wildman–Crippen LogP) is 5.64. The number of carbonyl (C=O) groups is 2. The van der Waals surface area contributed by atoms with Gasteiger partial charge in [-0.1, -0.05) is 65.0 Å². The molecule has 1 aliphatic carbocycles. The highest BCUT2D eigenvalue weighted by molar-refractivity contribution is 5.84. The fraction of sp³-hybridized carbons (Fsp3) is 0.826. The maximum Gasteiger partial charge on any atom is 0.139 e. The van der Waals surface area contributed by atoms with Gasteiger partial charge in [0.2, 0.25) is 0 Å². The molecule has 3 nitrogen and oxygen atoms in total. The van der Waals surface area contributed by atoms with Gasteiger partial charge in [-0.05, 0) is 38.0 Å². The van der Waals surface area contributed by atoms with Crippen LogP contribution < -0.4 is 0 Å². The van der Waals surface area contributed by atoms with Crippen LogP contribution in [0.1, 0.15) is 98.3 Å². The molecule has 3 heteroatoms. The molecule has 1 saturated carbocycles. The highest BCUT2D eigenvalue weighted by atomic mass is 16.3. The van der Waals surface area contributed by atoms with E-state index in [-0.39, 0.29) is 28.8 Å². The van der Waals surface area contributed by atoms with E-state index in [0.29, 0.717) is 12.8 Å². The first-order chi connectivity index (χ1) is 12.3. The summed E-state index contributed by atoms with van der Waals surface area (Å²) in [4.78, 5) is 23.2. The Labute approximate surface area is 160 Å². The van der Waals surface area contributed by atoms with Crippen molar-refractivity contribution < 1.29 is 14.7 Å². The van der Waals surface area contributed by atoms with Crippen molar-refractivity contribution in [2.75, 3.05) is 0 Å². The number of allylic oxidation sites excluding steroid dienone is 1. The molecule has 3 atom stereocenters. The third kappa shape index (κ3) is 8.62. The number of Topliss-reactive ketones (excluding diaryl/α,β-unsaturated/α-hetero) is 2. The van der Waals surface area contributed by atoms with Gasteiger partial charge in [-0.25, -0.2) is 0 Å². The summed E-state index contributed by atoms with van der Waals surface area (Å²) in [5, 5.41) is 10.3. The smallest absolute Gasteiger partial charge is 0.139 e. The van der Waals surface area contributed by atoms with Crippen LogP contribution in [0.2, 0.25) is 0 Å². The van der Waals surface area contributed by atoms with Crippen molar-refractivity contribution in [3.05, 3.63) is 12.2 Å². The zero-order valence-electron chi connectivity index (χ0n) is 17.4. The average Bonchev–Trinajstić information content (AvgIpc) is 2.82. The Kier molecular flexibility index (Phi) is 10.4. The number of ketones is 2. The second kappa shape index (κ2) is 11.7. The van der Waals surface area contributed by atoms with Crippen LogP contribution in [0.25, 0.3) is 0 Å². The van der Waals surface area contributed by atoms with E-state index in [1.54, 1.807) is 6.92 Å². The van der Waals surface area contributed by atoms with Gasteiger partial charge in [0.25, 0.3) is 0 Å². The zero-order chi connectivity index (χ0) is 19.6. The lowest BCUT2D eigenvalue weighted by Gasteiger charge is -2.23. The molecule has 26 heavy (non-hydrogen) atoms. The monoisotopic (exact) mass is 364 g/mol. The summed E-state index contributed by atoms with van der Waals surface area (Å²) in [5.41, 5.74) is 0.284. The van der Waals surface area contributed by atoms with Crippen LogP contribution in [0.5, 0.6) is 0 Å². The molecule has 1 rings (SSSR count). The second-order valence-corrected chi connectivity index (χ2v) is 8.98. The largest absolute Gasteiger partial charge is 0.392 e. The maximum atomic E-state index is 12.3. The Morgan fingerprint density at radius 1 is 1.19 bits per heavy atom. The standard InChI is InChI=1S/C23H40O3/c1-5-6-15-23(3,4)16-11-14-20-19(21(25)17-22(20)26)13-10-8-7-9-12-18(2)24/h11,14,19-20,22,26H,5-10,12-13,15-17H2,1-4H3/t19-,20-,22-/m1/s1. The molecule has 0 bridgehead atoms. The average molecular weight is 365 g/mol. The highest BCUT2D eigenvalue weighted by Gasteiger charge is 2.39. The quantitative estimate of drug-likeness (QED) is 0.339. The van der Waals surface area contributed by atoms with Crippen LogP contribution in [0.3, 0.4) is 0 Å². The lowest BCUT2D eigenvalue weighted by atomic mass is 9.82. The fourth-order valence-electron chi connectivity index (χ4n) is 3.99. The van der Waals surface area contributed by atoms with Crippen molar-refractivity contribution in [3.8, 4) is 0 Å². The minimum Gasteiger partial charge on any atom is -0.392 e.